The molecule has 12 heavy (non-hydrogen) atoms. The summed E-state index contributed by atoms with van der Waals surface area (Å²) in [6, 6.07) is 4.25. The minimum absolute atomic E-state index is 1.05. The van der Waals surface area contributed by atoms with Gasteiger partial charge in [-0.2, -0.15) is 0 Å². The van der Waals surface area contributed by atoms with E-state index in [-0.39, 0.29) is 0 Å². The van der Waals surface area contributed by atoms with Crippen molar-refractivity contribution in [3.05, 3.63) is 40.7 Å². The Morgan fingerprint density at radius 2 is 2.42 bits per heavy atom. The molecule has 1 aromatic rings. The average molecular weight is 177 g/mol. The first-order valence-electron chi connectivity index (χ1n) is 4.11. The summed E-state index contributed by atoms with van der Waals surface area (Å²) < 4.78 is 0. The molecule has 0 atom stereocenters. The van der Waals surface area contributed by atoms with Crippen molar-refractivity contribution >= 4 is 16.9 Å². The third-order valence-electron chi connectivity index (χ3n) is 1.84. The molecule has 1 N–H and O–H groups in total. The van der Waals surface area contributed by atoms with Gasteiger partial charge < -0.3 is 5.32 Å². The first-order chi connectivity index (χ1) is 5.97. The molecule has 1 aliphatic heterocycles. The predicted molar refractivity (Wildman–Crippen MR) is 54.1 cm³/mol. The van der Waals surface area contributed by atoms with Gasteiger partial charge in [-0.3, -0.25) is 0 Å². The van der Waals surface area contributed by atoms with Crippen LogP contribution in [0.2, 0.25) is 0 Å². The van der Waals surface area contributed by atoms with Crippen molar-refractivity contribution < 1.29 is 0 Å². The van der Waals surface area contributed by atoms with E-state index in [4.69, 9.17) is 0 Å². The van der Waals surface area contributed by atoms with Crippen LogP contribution in [0.4, 0.5) is 0 Å². The van der Waals surface area contributed by atoms with Crippen molar-refractivity contribution in [2.24, 2.45) is 0 Å². The summed E-state index contributed by atoms with van der Waals surface area (Å²) in [6.45, 7) is 1.05. The Kier molecular flexibility index (Phi) is 2.28. The quantitative estimate of drug-likeness (QED) is 0.695. The smallest absolute Gasteiger partial charge is 0.0340 e. The topological polar surface area (TPSA) is 12.0 Å². The molecule has 0 fully saturated rings. The van der Waals surface area contributed by atoms with E-state index in [1.165, 1.54) is 10.5 Å². The number of hydrogen-bond acceptors (Lipinski definition) is 2. The molecule has 2 heterocycles. The maximum Gasteiger partial charge on any atom is 0.0340 e. The van der Waals surface area contributed by atoms with Crippen LogP contribution in [0.3, 0.4) is 0 Å². The zero-order valence-corrected chi connectivity index (χ0v) is 7.60. The molecule has 0 radical (unpaired) electrons. The van der Waals surface area contributed by atoms with E-state index >= 15 is 0 Å². The molecule has 0 bridgehead atoms. The molecular formula is C10H11NS. The Balaban J connectivity index is 2.27. The monoisotopic (exact) mass is 177 g/mol. The number of thiophene rings is 1. The van der Waals surface area contributed by atoms with Gasteiger partial charge in [0.2, 0.25) is 0 Å². The van der Waals surface area contributed by atoms with Crippen LogP contribution in [0.1, 0.15) is 11.3 Å². The minimum Gasteiger partial charge on any atom is -0.391 e. The van der Waals surface area contributed by atoms with Crippen LogP contribution in [-0.4, -0.2) is 6.54 Å². The van der Waals surface area contributed by atoms with Crippen LogP contribution in [0, 0.1) is 0 Å². The second kappa shape index (κ2) is 3.59. The maximum atomic E-state index is 3.21. The summed E-state index contributed by atoms with van der Waals surface area (Å²) in [5, 5.41) is 5.32. The second-order valence-corrected chi connectivity index (χ2v) is 3.66. The summed E-state index contributed by atoms with van der Waals surface area (Å²) in [5.41, 5.74) is 1.34. The zero-order valence-electron chi connectivity index (χ0n) is 6.79. The van der Waals surface area contributed by atoms with Gasteiger partial charge in [-0.15, -0.1) is 11.3 Å². The van der Waals surface area contributed by atoms with E-state index in [1.54, 1.807) is 11.3 Å². The van der Waals surface area contributed by atoms with Gasteiger partial charge in [-0.1, -0.05) is 12.1 Å². The molecule has 0 saturated heterocycles. The highest BCUT2D eigenvalue weighted by Crippen LogP contribution is 2.22. The van der Waals surface area contributed by atoms with Crippen molar-refractivity contribution in [2.45, 2.75) is 6.42 Å². The van der Waals surface area contributed by atoms with E-state index in [0.717, 1.165) is 13.0 Å². The molecule has 2 rings (SSSR count). The Labute approximate surface area is 76.4 Å². The SMILES string of the molecule is C1=CC(c2cccs2)=CCCN1. The lowest BCUT2D eigenvalue weighted by molar-refractivity contribution is 0.860. The maximum absolute atomic E-state index is 3.21. The average Bonchev–Trinajstić information content (AvgIpc) is 2.48. The summed E-state index contributed by atoms with van der Waals surface area (Å²) in [6.07, 6.45) is 7.56. The molecule has 0 aromatic carbocycles. The van der Waals surface area contributed by atoms with Crippen molar-refractivity contribution in [1.29, 1.82) is 0 Å². The lowest BCUT2D eigenvalue weighted by atomic mass is 10.2. The summed E-state index contributed by atoms with van der Waals surface area (Å²) in [7, 11) is 0. The van der Waals surface area contributed by atoms with Crippen molar-refractivity contribution in [2.75, 3.05) is 6.54 Å². The van der Waals surface area contributed by atoms with E-state index < -0.39 is 0 Å². The largest absolute Gasteiger partial charge is 0.391 e. The van der Waals surface area contributed by atoms with Gasteiger partial charge in [0.15, 0.2) is 0 Å². The molecule has 1 aliphatic rings. The molecule has 0 unspecified atom stereocenters. The standard InChI is InChI=1S/C10H11NS/c1-3-9(5-7-11-6-1)10-4-2-8-12-10/h2-5,7-8,11H,1,6H2. The van der Waals surface area contributed by atoms with Crippen molar-refractivity contribution in [3.63, 3.8) is 0 Å². The summed E-state index contributed by atoms with van der Waals surface area (Å²) in [4.78, 5) is 1.36. The van der Waals surface area contributed by atoms with Crippen LogP contribution in [0.5, 0.6) is 0 Å². The first kappa shape index (κ1) is 7.62. The molecule has 2 heteroatoms. The fourth-order valence-electron chi connectivity index (χ4n) is 1.24. The molecule has 0 aliphatic carbocycles. The number of nitrogens with one attached hydrogen (secondary N) is 1. The molecule has 1 nitrogen and oxygen atoms in total. The Bertz CT molecular complexity index is 296. The Hall–Kier alpha value is -1.02. The van der Waals surface area contributed by atoms with Crippen LogP contribution in [-0.2, 0) is 0 Å². The molecule has 0 amide bonds. The van der Waals surface area contributed by atoms with Crippen LogP contribution < -0.4 is 5.32 Å². The molecule has 0 spiro atoms. The van der Waals surface area contributed by atoms with Gasteiger partial charge in [0.1, 0.15) is 0 Å². The summed E-state index contributed by atoms with van der Waals surface area (Å²) in [5.74, 6) is 0. The van der Waals surface area contributed by atoms with Crippen LogP contribution >= 0.6 is 11.3 Å². The van der Waals surface area contributed by atoms with Gasteiger partial charge in [0.25, 0.3) is 0 Å². The van der Waals surface area contributed by atoms with Crippen molar-refractivity contribution in [3.8, 4) is 0 Å². The van der Waals surface area contributed by atoms with Crippen molar-refractivity contribution in [1.82, 2.24) is 5.32 Å². The summed E-state index contributed by atoms with van der Waals surface area (Å²) >= 11 is 1.79. The van der Waals surface area contributed by atoms with E-state index in [0.29, 0.717) is 0 Å². The fraction of sp³-hybridized carbons (Fsp3) is 0.200. The van der Waals surface area contributed by atoms with E-state index in [2.05, 4.69) is 35.0 Å². The third kappa shape index (κ3) is 1.59. The number of hydrogen-bond donors (Lipinski definition) is 1. The van der Waals surface area contributed by atoms with Crippen LogP contribution in [0.15, 0.2) is 35.9 Å². The number of rotatable bonds is 1. The molecule has 1 aromatic heterocycles. The highest BCUT2D eigenvalue weighted by Gasteiger charge is 1.99. The highest BCUT2D eigenvalue weighted by molar-refractivity contribution is 7.11. The van der Waals surface area contributed by atoms with Crippen LogP contribution in [0.25, 0.3) is 5.57 Å². The highest BCUT2D eigenvalue weighted by atomic mass is 32.1. The van der Waals surface area contributed by atoms with Gasteiger partial charge in [-0.05, 0) is 35.7 Å². The predicted octanol–water partition coefficient (Wildman–Crippen LogP) is 2.64. The lowest BCUT2D eigenvalue weighted by Crippen LogP contribution is -2.03. The van der Waals surface area contributed by atoms with E-state index in [1.807, 2.05) is 6.20 Å². The molecule has 0 saturated carbocycles. The van der Waals surface area contributed by atoms with Gasteiger partial charge in [-0.25, -0.2) is 0 Å². The normalized spacial score (nSPS) is 16.5. The lowest BCUT2D eigenvalue weighted by Gasteiger charge is -1.94. The Morgan fingerprint density at radius 3 is 3.25 bits per heavy atom. The molecule has 62 valence electrons. The van der Waals surface area contributed by atoms with Gasteiger partial charge >= 0.3 is 0 Å². The second-order valence-electron chi connectivity index (χ2n) is 2.71. The first-order valence-corrected chi connectivity index (χ1v) is 4.99. The zero-order chi connectivity index (χ0) is 8.23. The Morgan fingerprint density at radius 1 is 1.42 bits per heavy atom. The van der Waals surface area contributed by atoms with E-state index in [9.17, 15) is 0 Å². The fourth-order valence-corrected chi connectivity index (χ4v) is 1.98. The molecular weight excluding hydrogens is 166 g/mol. The minimum atomic E-state index is 1.05. The third-order valence-corrected chi connectivity index (χ3v) is 2.76. The number of allylic oxidation sites excluding steroid dienone is 2. The van der Waals surface area contributed by atoms with Gasteiger partial charge in [0, 0.05) is 11.4 Å². The van der Waals surface area contributed by atoms with Gasteiger partial charge in [0.05, 0.1) is 0 Å².